The minimum Gasteiger partial charge on any atom is -0.339 e. The molecule has 0 radical (unpaired) electrons. The molecule has 1 aliphatic heterocycles. The number of hydrogen-bond donors (Lipinski definition) is 2. The maximum Gasteiger partial charge on any atom is 0.261 e. The second kappa shape index (κ2) is 9.32. The smallest absolute Gasteiger partial charge is 0.261 e. The quantitative estimate of drug-likeness (QED) is 0.690. The molecule has 1 heterocycles. The number of nitrogens with one attached hydrogen (secondary N) is 2. The van der Waals surface area contributed by atoms with Gasteiger partial charge in [-0.3, -0.25) is 14.3 Å². The number of hydrogen-bond acceptors (Lipinski definition) is 4. The lowest BCUT2D eigenvalue weighted by atomic mass is 9.94. The summed E-state index contributed by atoms with van der Waals surface area (Å²) >= 11 is 0. The monoisotopic (exact) mass is 455 g/mol. The molecule has 1 atom stereocenters. The number of anilines is 2. The maximum absolute atomic E-state index is 12.7. The zero-order valence-electron chi connectivity index (χ0n) is 18.2. The Bertz CT molecular complexity index is 1080. The van der Waals surface area contributed by atoms with E-state index >= 15 is 0 Å². The molecule has 1 unspecified atom stereocenters. The zero-order chi connectivity index (χ0) is 22.7. The van der Waals surface area contributed by atoms with E-state index in [1.807, 2.05) is 24.0 Å². The molecule has 2 fully saturated rings. The topological polar surface area (TPSA) is 95.6 Å². The van der Waals surface area contributed by atoms with E-state index in [4.69, 9.17) is 0 Å². The Morgan fingerprint density at radius 2 is 1.56 bits per heavy atom. The molecule has 0 aromatic heterocycles. The van der Waals surface area contributed by atoms with Crippen LogP contribution >= 0.6 is 0 Å². The summed E-state index contributed by atoms with van der Waals surface area (Å²) in [4.78, 5) is 27.1. The number of carbonyl (C=O) groups is 2. The molecule has 1 aliphatic carbocycles. The fourth-order valence-electron chi connectivity index (χ4n) is 4.45. The normalized spacial score (nSPS) is 19.7. The van der Waals surface area contributed by atoms with Crippen LogP contribution in [0.5, 0.6) is 0 Å². The first-order valence-corrected chi connectivity index (χ1v) is 12.6. The van der Waals surface area contributed by atoms with Gasteiger partial charge in [0.25, 0.3) is 10.0 Å². The van der Waals surface area contributed by atoms with Crippen molar-refractivity contribution in [3.8, 4) is 0 Å². The van der Waals surface area contributed by atoms with Crippen molar-refractivity contribution in [3.63, 3.8) is 0 Å². The summed E-state index contributed by atoms with van der Waals surface area (Å²) in [6.07, 6.45) is 5.77. The molecule has 2 aromatic rings. The van der Waals surface area contributed by atoms with E-state index in [2.05, 4.69) is 10.0 Å². The molecule has 1 saturated heterocycles. The fraction of sp³-hybridized carbons (Fsp3) is 0.417. The van der Waals surface area contributed by atoms with Gasteiger partial charge in [-0.1, -0.05) is 37.0 Å². The number of carbonyl (C=O) groups excluding carboxylic acids is 2. The number of likely N-dealkylation sites (tertiary alicyclic amines) is 1. The Labute approximate surface area is 189 Å². The summed E-state index contributed by atoms with van der Waals surface area (Å²) in [6, 6.07) is 13.4. The van der Waals surface area contributed by atoms with Crippen LogP contribution in [-0.2, 0) is 19.6 Å². The Hall–Kier alpha value is -2.87. The lowest BCUT2D eigenvalue weighted by molar-refractivity contribution is -0.130. The van der Waals surface area contributed by atoms with Crippen molar-refractivity contribution < 1.29 is 18.0 Å². The summed E-state index contributed by atoms with van der Waals surface area (Å²) < 4.78 is 27.8. The van der Waals surface area contributed by atoms with Crippen LogP contribution in [0.1, 0.15) is 44.1 Å². The number of aryl methyl sites for hydroxylation is 1. The number of amides is 2. The van der Waals surface area contributed by atoms with Crippen molar-refractivity contribution >= 4 is 33.2 Å². The van der Waals surface area contributed by atoms with Crippen LogP contribution in [0, 0.1) is 12.8 Å². The molecular formula is C24H29N3O4S. The van der Waals surface area contributed by atoms with E-state index in [-0.39, 0.29) is 35.1 Å². The molecule has 2 amide bonds. The highest BCUT2D eigenvalue weighted by Crippen LogP contribution is 2.29. The van der Waals surface area contributed by atoms with Crippen molar-refractivity contribution in [2.75, 3.05) is 16.6 Å². The second-order valence-electron chi connectivity index (χ2n) is 8.72. The second-order valence-corrected chi connectivity index (χ2v) is 10.4. The van der Waals surface area contributed by atoms with Gasteiger partial charge in [0.2, 0.25) is 11.8 Å². The predicted octanol–water partition coefficient (Wildman–Crippen LogP) is 3.92. The van der Waals surface area contributed by atoms with E-state index in [9.17, 15) is 18.0 Å². The summed E-state index contributed by atoms with van der Waals surface area (Å²) in [5.74, 6) is -0.526. The van der Waals surface area contributed by atoms with Crippen LogP contribution in [-0.4, -0.2) is 37.7 Å². The molecule has 1 saturated carbocycles. The highest BCUT2D eigenvalue weighted by molar-refractivity contribution is 7.92. The van der Waals surface area contributed by atoms with Crippen LogP contribution in [0.15, 0.2) is 53.4 Å². The summed E-state index contributed by atoms with van der Waals surface area (Å²) in [5, 5.41) is 2.83. The number of sulfonamides is 1. The van der Waals surface area contributed by atoms with Crippen molar-refractivity contribution in [2.24, 2.45) is 5.92 Å². The molecule has 2 aromatic carbocycles. The Morgan fingerprint density at radius 1 is 0.938 bits per heavy atom. The number of rotatable bonds is 6. The third-order valence-corrected chi connectivity index (χ3v) is 7.68. The lowest BCUT2D eigenvalue weighted by Crippen LogP contribution is -2.38. The zero-order valence-corrected chi connectivity index (χ0v) is 19.0. The molecule has 2 N–H and O–H groups in total. The van der Waals surface area contributed by atoms with Crippen LogP contribution in [0.3, 0.4) is 0 Å². The van der Waals surface area contributed by atoms with Crippen molar-refractivity contribution in [1.82, 2.24) is 4.90 Å². The minimum atomic E-state index is -3.73. The van der Waals surface area contributed by atoms with Crippen molar-refractivity contribution in [1.29, 1.82) is 0 Å². The Kier molecular flexibility index (Phi) is 6.50. The van der Waals surface area contributed by atoms with E-state index in [0.29, 0.717) is 17.9 Å². The average molecular weight is 456 g/mol. The summed E-state index contributed by atoms with van der Waals surface area (Å²) in [7, 11) is -3.73. The predicted molar refractivity (Wildman–Crippen MR) is 124 cm³/mol. The van der Waals surface area contributed by atoms with Gasteiger partial charge in [0.15, 0.2) is 0 Å². The molecule has 7 nitrogen and oxygen atoms in total. The van der Waals surface area contributed by atoms with Gasteiger partial charge in [-0.05, 0) is 56.2 Å². The van der Waals surface area contributed by atoms with E-state index in [1.54, 1.807) is 24.3 Å². The third kappa shape index (κ3) is 5.12. The maximum atomic E-state index is 12.7. The van der Waals surface area contributed by atoms with Gasteiger partial charge in [-0.2, -0.15) is 0 Å². The van der Waals surface area contributed by atoms with Crippen molar-refractivity contribution in [2.45, 2.75) is 56.4 Å². The number of benzene rings is 2. The first-order valence-electron chi connectivity index (χ1n) is 11.1. The lowest BCUT2D eigenvalue weighted by Gasteiger charge is -2.31. The van der Waals surface area contributed by atoms with Crippen LogP contribution < -0.4 is 10.0 Å². The van der Waals surface area contributed by atoms with Gasteiger partial charge in [-0.25, -0.2) is 8.42 Å². The van der Waals surface area contributed by atoms with E-state index < -0.39 is 10.0 Å². The van der Waals surface area contributed by atoms with Crippen molar-refractivity contribution in [3.05, 3.63) is 54.1 Å². The largest absolute Gasteiger partial charge is 0.339 e. The minimum absolute atomic E-state index is 0.0562. The highest BCUT2D eigenvalue weighted by Gasteiger charge is 2.38. The average Bonchev–Trinajstić information content (AvgIpc) is 3.18. The molecular weight excluding hydrogens is 426 g/mol. The van der Waals surface area contributed by atoms with Crippen LogP contribution in [0.2, 0.25) is 0 Å². The SMILES string of the molecule is Cc1ccc(NS(=O)(=O)c2ccc(NC(=O)C3CC(=O)N(C4CCCCC4)C3)cc2)cc1. The molecule has 2 aliphatic rings. The fourth-order valence-corrected chi connectivity index (χ4v) is 5.51. The van der Waals surface area contributed by atoms with Gasteiger partial charge in [-0.15, -0.1) is 0 Å². The third-order valence-electron chi connectivity index (χ3n) is 6.28. The van der Waals surface area contributed by atoms with Crippen LogP contribution in [0.25, 0.3) is 0 Å². The standard InChI is InChI=1S/C24H29N3O4S/c1-17-7-9-20(10-8-17)26-32(30,31)22-13-11-19(12-14-22)25-24(29)18-15-23(28)27(16-18)21-5-3-2-4-6-21/h7-14,18,21,26H,2-6,15-16H2,1H3,(H,25,29). The van der Waals surface area contributed by atoms with Gasteiger partial charge < -0.3 is 10.2 Å². The van der Waals surface area contributed by atoms with Gasteiger partial charge >= 0.3 is 0 Å². The molecule has 0 spiro atoms. The highest BCUT2D eigenvalue weighted by atomic mass is 32.2. The molecule has 170 valence electrons. The first-order chi connectivity index (χ1) is 15.3. The number of nitrogens with zero attached hydrogens (tertiary/aromatic N) is 1. The molecule has 4 rings (SSSR count). The van der Waals surface area contributed by atoms with Gasteiger partial charge in [0.1, 0.15) is 0 Å². The first kappa shape index (κ1) is 22.3. The van der Waals surface area contributed by atoms with Gasteiger partial charge in [0.05, 0.1) is 10.8 Å². The summed E-state index contributed by atoms with van der Waals surface area (Å²) in [6.45, 7) is 2.39. The Morgan fingerprint density at radius 3 is 2.22 bits per heavy atom. The Balaban J connectivity index is 1.36. The molecule has 32 heavy (non-hydrogen) atoms. The van der Waals surface area contributed by atoms with Gasteiger partial charge in [0, 0.05) is 30.4 Å². The summed E-state index contributed by atoms with van der Waals surface area (Å²) in [5.41, 5.74) is 2.04. The molecule has 8 heteroatoms. The van der Waals surface area contributed by atoms with E-state index in [1.165, 1.54) is 18.6 Å². The molecule has 0 bridgehead atoms. The van der Waals surface area contributed by atoms with E-state index in [0.717, 1.165) is 31.2 Å². The van der Waals surface area contributed by atoms with Crippen LogP contribution in [0.4, 0.5) is 11.4 Å².